The average molecular weight is 346 g/mol. The maximum atomic E-state index is 11.7. The average Bonchev–Trinajstić information content (AvgIpc) is 3.05. The first-order valence-electron chi connectivity index (χ1n) is 7.88. The van der Waals surface area contributed by atoms with E-state index in [9.17, 15) is 9.59 Å². The maximum absolute atomic E-state index is 11.7. The summed E-state index contributed by atoms with van der Waals surface area (Å²) < 4.78 is 0. The smallest absolute Gasteiger partial charge is 0.315 e. The monoisotopic (exact) mass is 346 g/mol. The van der Waals surface area contributed by atoms with Gasteiger partial charge in [0.05, 0.1) is 12.2 Å². The lowest BCUT2D eigenvalue weighted by Crippen LogP contribution is -2.39. The molecule has 0 aliphatic heterocycles. The second kappa shape index (κ2) is 9.02. The fourth-order valence-electron chi connectivity index (χ4n) is 2.04. The number of rotatable bonds is 7. The molecule has 2 rings (SSSR count). The van der Waals surface area contributed by atoms with E-state index in [0.29, 0.717) is 26.1 Å². The van der Waals surface area contributed by atoms with Crippen molar-refractivity contribution in [3.63, 3.8) is 0 Å². The molecule has 1 aromatic heterocycles. The lowest BCUT2D eigenvalue weighted by Gasteiger charge is -2.07. The van der Waals surface area contributed by atoms with Crippen molar-refractivity contribution in [2.45, 2.75) is 26.8 Å². The Morgan fingerprint density at radius 1 is 1.17 bits per heavy atom. The molecule has 0 unspecified atom stereocenters. The standard InChI is InChI=1S/C17H22N4O2S/c1-3-15(22)18-7-8-19-17(23)20-10-14-11-24-16(21-14)13-6-4-5-12(2)9-13/h4-6,9,11H,3,7-8,10H2,1-2H3,(H,18,22)(H2,19,20,23). The van der Waals surface area contributed by atoms with Crippen LogP contribution in [0.15, 0.2) is 29.6 Å². The number of amides is 3. The molecule has 0 aliphatic carbocycles. The molecule has 0 saturated carbocycles. The van der Waals surface area contributed by atoms with Gasteiger partial charge in [-0.15, -0.1) is 11.3 Å². The predicted octanol–water partition coefficient (Wildman–Crippen LogP) is 2.44. The molecular weight excluding hydrogens is 324 g/mol. The Morgan fingerprint density at radius 3 is 2.71 bits per heavy atom. The Bertz CT molecular complexity index is 699. The summed E-state index contributed by atoms with van der Waals surface area (Å²) in [5, 5.41) is 11.0. The highest BCUT2D eigenvalue weighted by Gasteiger charge is 2.06. The van der Waals surface area contributed by atoms with Crippen molar-refractivity contribution in [1.29, 1.82) is 0 Å². The number of thiazole rings is 1. The van der Waals surface area contributed by atoms with Gasteiger partial charge in [-0.05, 0) is 13.0 Å². The third-order valence-corrected chi connectivity index (χ3v) is 4.24. The quantitative estimate of drug-likeness (QED) is 0.673. The van der Waals surface area contributed by atoms with Crippen LogP contribution < -0.4 is 16.0 Å². The normalized spacial score (nSPS) is 10.2. The summed E-state index contributed by atoms with van der Waals surface area (Å²) in [6.45, 7) is 5.02. The van der Waals surface area contributed by atoms with Crippen LogP contribution in [-0.2, 0) is 11.3 Å². The number of aryl methyl sites for hydroxylation is 1. The largest absolute Gasteiger partial charge is 0.354 e. The minimum Gasteiger partial charge on any atom is -0.354 e. The van der Waals surface area contributed by atoms with E-state index >= 15 is 0 Å². The van der Waals surface area contributed by atoms with Crippen molar-refractivity contribution in [3.05, 3.63) is 40.9 Å². The second-order valence-corrected chi connectivity index (χ2v) is 6.18. The molecule has 0 fully saturated rings. The molecule has 6 nitrogen and oxygen atoms in total. The third-order valence-electron chi connectivity index (χ3n) is 3.30. The fraction of sp³-hybridized carbons (Fsp3) is 0.353. The first-order valence-corrected chi connectivity index (χ1v) is 8.76. The maximum Gasteiger partial charge on any atom is 0.315 e. The van der Waals surface area contributed by atoms with Gasteiger partial charge in [-0.1, -0.05) is 30.7 Å². The summed E-state index contributed by atoms with van der Waals surface area (Å²) in [5.41, 5.74) is 3.10. The van der Waals surface area contributed by atoms with Gasteiger partial charge in [0.15, 0.2) is 0 Å². The van der Waals surface area contributed by atoms with Crippen LogP contribution >= 0.6 is 11.3 Å². The van der Waals surface area contributed by atoms with Gasteiger partial charge in [-0.2, -0.15) is 0 Å². The van der Waals surface area contributed by atoms with E-state index < -0.39 is 0 Å². The molecule has 0 spiro atoms. The highest BCUT2D eigenvalue weighted by atomic mass is 32.1. The number of carbonyl (C=O) groups is 2. The molecule has 0 aliphatic rings. The molecule has 24 heavy (non-hydrogen) atoms. The molecule has 0 saturated heterocycles. The molecule has 0 atom stereocenters. The first-order chi connectivity index (χ1) is 11.6. The fourth-order valence-corrected chi connectivity index (χ4v) is 2.85. The van der Waals surface area contributed by atoms with Crippen molar-refractivity contribution in [1.82, 2.24) is 20.9 Å². The van der Waals surface area contributed by atoms with Crippen LogP contribution in [0.1, 0.15) is 24.6 Å². The van der Waals surface area contributed by atoms with Crippen molar-refractivity contribution in [2.75, 3.05) is 13.1 Å². The van der Waals surface area contributed by atoms with E-state index in [1.54, 1.807) is 18.3 Å². The summed E-state index contributed by atoms with van der Waals surface area (Å²) in [6, 6.07) is 7.90. The van der Waals surface area contributed by atoms with Crippen LogP contribution in [0.25, 0.3) is 10.6 Å². The van der Waals surface area contributed by atoms with Gasteiger partial charge in [0.1, 0.15) is 5.01 Å². The van der Waals surface area contributed by atoms with Crippen LogP contribution in [0, 0.1) is 6.92 Å². The molecule has 0 radical (unpaired) electrons. The first kappa shape index (κ1) is 17.9. The molecule has 1 aromatic carbocycles. The van der Waals surface area contributed by atoms with Crippen LogP contribution in [0.5, 0.6) is 0 Å². The third kappa shape index (κ3) is 5.66. The summed E-state index contributed by atoms with van der Waals surface area (Å²) in [4.78, 5) is 27.3. The van der Waals surface area contributed by atoms with Gasteiger partial charge in [0.2, 0.25) is 5.91 Å². The van der Waals surface area contributed by atoms with Gasteiger partial charge in [0, 0.05) is 30.5 Å². The molecule has 1 heterocycles. The zero-order chi connectivity index (χ0) is 17.4. The molecule has 2 aromatic rings. The number of aromatic nitrogens is 1. The van der Waals surface area contributed by atoms with Crippen LogP contribution in [0.3, 0.4) is 0 Å². The molecule has 3 N–H and O–H groups in total. The highest BCUT2D eigenvalue weighted by Crippen LogP contribution is 2.24. The molecule has 7 heteroatoms. The van der Waals surface area contributed by atoms with Gasteiger partial charge in [-0.25, -0.2) is 9.78 Å². The van der Waals surface area contributed by atoms with E-state index in [0.717, 1.165) is 16.3 Å². The summed E-state index contributed by atoms with van der Waals surface area (Å²) in [5.74, 6) is -0.0247. The number of hydrogen-bond acceptors (Lipinski definition) is 4. The van der Waals surface area contributed by atoms with Crippen molar-refractivity contribution in [3.8, 4) is 10.6 Å². The highest BCUT2D eigenvalue weighted by molar-refractivity contribution is 7.13. The van der Waals surface area contributed by atoms with E-state index in [1.165, 1.54) is 5.56 Å². The van der Waals surface area contributed by atoms with Gasteiger partial charge < -0.3 is 16.0 Å². The lowest BCUT2D eigenvalue weighted by atomic mass is 10.1. The number of hydrogen-bond donors (Lipinski definition) is 3. The number of urea groups is 1. The zero-order valence-electron chi connectivity index (χ0n) is 13.9. The van der Waals surface area contributed by atoms with Crippen molar-refractivity contribution < 1.29 is 9.59 Å². The number of carbonyl (C=O) groups excluding carboxylic acids is 2. The summed E-state index contributed by atoms with van der Waals surface area (Å²) in [6.07, 6.45) is 0.444. The summed E-state index contributed by atoms with van der Waals surface area (Å²) >= 11 is 1.56. The SMILES string of the molecule is CCC(=O)NCCNC(=O)NCc1csc(-c2cccc(C)c2)n1. The number of nitrogens with one attached hydrogen (secondary N) is 3. The molecule has 3 amide bonds. The van der Waals surface area contributed by atoms with E-state index in [1.807, 2.05) is 30.5 Å². The van der Waals surface area contributed by atoms with Gasteiger partial charge in [0.25, 0.3) is 0 Å². The summed E-state index contributed by atoms with van der Waals surface area (Å²) in [7, 11) is 0. The molecule has 128 valence electrons. The predicted molar refractivity (Wildman–Crippen MR) is 95.8 cm³/mol. The lowest BCUT2D eigenvalue weighted by molar-refractivity contribution is -0.120. The van der Waals surface area contributed by atoms with Gasteiger partial charge in [-0.3, -0.25) is 4.79 Å². The minimum absolute atomic E-state index is 0.0247. The minimum atomic E-state index is -0.272. The Morgan fingerprint density at radius 2 is 1.96 bits per heavy atom. The Kier molecular flexibility index (Phi) is 6.74. The molecular formula is C17H22N4O2S. The van der Waals surface area contributed by atoms with Crippen LogP contribution in [-0.4, -0.2) is 30.0 Å². The van der Waals surface area contributed by atoms with E-state index in [4.69, 9.17) is 0 Å². The zero-order valence-corrected chi connectivity index (χ0v) is 14.7. The number of nitrogens with zero attached hydrogens (tertiary/aromatic N) is 1. The van der Waals surface area contributed by atoms with Crippen LogP contribution in [0.4, 0.5) is 4.79 Å². The Balaban J connectivity index is 1.75. The van der Waals surface area contributed by atoms with Gasteiger partial charge >= 0.3 is 6.03 Å². The van der Waals surface area contributed by atoms with Crippen molar-refractivity contribution >= 4 is 23.3 Å². The number of benzene rings is 1. The molecule has 0 bridgehead atoms. The topological polar surface area (TPSA) is 83.1 Å². The second-order valence-electron chi connectivity index (χ2n) is 5.33. The van der Waals surface area contributed by atoms with Crippen LogP contribution in [0.2, 0.25) is 0 Å². The van der Waals surface area contributed by atoms with E-state index in [-0.39, 0.29) is 11.9 Å². The Labute approximate surface area is 145 Å². The Hall–Kier alpha value is -2.41. The van der Waals surface area contributed by atoms with Crippen molar-refractivity contribution in [2.24, 2.45) is 0 Å². The van der Waals surface area contributed by atoms with E-state index in [2.05, 4.69) is 27.0 Å².